The zero-order valence-corrected chi connectivity index (χ0v) is 12.5. The van der Waals surface area contributed by atoms with Crippen LogP contribution in [0, 0.1) is 6.92 Å². The normalized spacial score (nSPS) is 19.1. The Morgan fingerprint density at radius 3 is 2.26 bits per heavy atom. The molecule has 1 N–H and O–H groups in total. The average Bonchev–Trinajstić information content (AvgIpc) is 2.70. The minimum absolute atomic E-state index is 0.490. The standard InChI is InChI=1S/C17H28N2/c1-15-7-9-16(10-8-15)17(18-2)11-14-19-12-5-3-4-6-13-19/h7-10,17-18H,3-6,11-14H2,1-2H3. The fourth-order valence-corrected chi connectivity index (χ4v) is 2.95. The fourth-order valence-electron chi connectivity index (χ4n) is 2.95. The van der Waals surface area contributed by atoms with Crippen LogP contribution >= 0.6 is 0 Å². The summed E-state index contributed by atoms with van der Waals surface area (Å²) in [6.45, 7) is 5.96. The third-order valence-corrected chi connectivity index (χ3v) is 4.26. The Bertz CT molecular complexity index is 350. The summed E-state index contributed by atoms with van der Waals surface area (Å²) in [5.74, 6) is 0. The SMILES string of the molecule is CNC(CCN1CCCCCC1)c1ccc(C)cc1. The lowest BCUT2D eigenvalue weighted by atomic mass is 10.0. The zero-order chi connectivity index (χ0) is 13.5. The quantitative estimate of drug-likeness (QED) is 0.871. The second kappa shape index (κ2) is 7.66. The van der Waals surface area contributed by atoms with Crippen molar-refractivity contribution < 1.29 is 0 Å². The summed E-state index contributed by atoms with van der Waals surface area (Å²) >= 11 is 0. The molecule has 0 amide bonds. The van der Waals surface area contributed by atoms with Gasteiger partial charge in [-0.3, -0.25) is 0 Å². The van der Waals surface area contributed by atoms with E-state index < -0.39 is 0 Å². The smallest absolute Gasteiger partial charge is 0.0329 e. The lowest BCUT2D eigenvalue weighted by Crippen LogP contribution is -2.29. The van der Waals surface area contributed by atoms with E-state index in [0.29, 0.717) is 6.04 Å². The highest BCUT2D eigenvalue weighted by molar-refractivity contribution is 5.24. The van der Waals surface area contributed by atoms with Gasteiger partial charge in [0.15, 0.2) is 0 Å². The molecule has 1 saturated heterocycles. The van der Waals surface area contributed by atoms with Crippen molar-refractivity contribution in [2.75, 3.05) is 26.7 Å². The van der Waals surface area contributed by atoms with Gasteiger partial charge < -0.3 is 10.2 Å². The van der Waals surface area contributed by atoms with Gasteiger partial charge in [0.25, 0.3) is 0 Å². The van der Waals surface area contributed by atoms with E-state index in [-0.39, 0.29) is 0 Å². The first-order valence-electron chi connectivity index (χ1n) is 7.76. The number of nitrogens with zero attached hydrogens (tertiary/aromatic N) is 1. The third kappa shape index (κ3) is 4.63. The summed E-state index contributed by atoms with van der Waals surface area (Å²) in [4.78, 5) is 2.64. The molecule has 2 rings (SSSR count). The van der Waals surface area contributed by atoms with Crippen LogP contribution in [0.5, 0.6) is 0 Å². The molecule has 1 aromatic rings. The molecule has 1 atom stereocenters. The molecule has 0 radical (unpaired) electrons. The van der Waals surface area contributed by atoms with E-state index in [1.54, 1.807) is 0 Å². The van der Waals surface area contributed by atoms with Gasteiger partial charge in [-0.25, -0.2) is 0 Å². The zero-order valence-electron chi connectivity index (χ0n) is 12.5. The summed E-state index contributed by atoms with van der Waals surface area (Å²) in [6.07, 6.45) is 6.82. The molecular weight excluding hydrogens is 232 g/mol. The first-order chi connectivity index (χ1) is 9.29. The van der Waals surface area contributed by atoms with E-state index >= 15 is 0 Å². The molecule has 1 heterocycles. The molecular formula is C17H28N2. The van der Waals surface area contributed by atoms with Gasteiger partial charge in [0.1, 0.15) is 0 Å². The molecule has 19 heavy (non-hydrogen) atoms. The molecule has 1 fully saturated rings. The second-order valence-corrected chi connectivity index (χ2v) is 5.80. The number of nitrogens with one attached hydrogen (secondary N) is 1. The van der Waals surface area contributed by atoms with E-state index in [2.05, 4.69) is 48.5 Å². The highest BCUT2D eigenvalue weighted by Crippen LogP contribution is 2.18. The lowest BCUT2D eigenvalue weighted by Gasteiger charge is -2.24. The van der Waals surface area contributed by atoms with Crippen LogP contribution in [-0.2, 0) is 0 Å². The first-order valence-corrected chi connectivity index (χ1v) is 7.76. The summed E-state index contributed by atoms with van der Waals surface area (Å²) in [5.41, 5.74) is 2.76. The summed E-state index contributed by atoms with van der Waals surface area (Å²) in [6, 6.07) is 9.44. The molecule has 2 heteroatoms. The summed E-state index contributed by atoms with van der Waals surface area (Å²) in [5, 5.41) is 3.47. The number of aryl methyl sites for hydroxylation is 1. The molecule has 2 nitrogen and oxygen atoms in total. The fraction of sp³-hybridized carbons (Fsp3) is 0.647. The van der Waals surface area contributed by atoms with Crippen LogP contribution in [0.4, 0.5) is 0 Å². The van der Waals surface area contributed by atoms with Crippen molar-refractivity contribution in [1.29, 1.82) is 0 Å². The van der Waals surface area contributed by atoms with Crippen LogP contribution in [0.15, 0.2) is 24.3 Å². The van der Waals surface area contributed by atoms with E-state index in [0.717, 1.165) is 0 Å². The van der Waals surface area contributed by atoms with Crippen LogP contribution in [0.3, 0.4) is 0 Å². The molecule has 0 saturated carbocycles. The Hall–Kier alpha value is -0.860. The van der Waals surface area contributed by atoms with Crippen molar-refractivity contribution in [2.24, 2.45) is 0 Å². The number of hydrogen-bond acceptors (Lipinski definition) is 2. The van der Waals surface area contributed by atoms with Crippen LogP contribution in [0.25, 0.3) is 0 Å². The van der Waals surface area contributed by atoms with Crippen molar-refractivity contribution in [3.05, 3.63) is 35.4 Å². The monoisotopic (exact) mass is 260 g/mol. The highest BCUT2D eigenvalue weighted by atomic mass is 15.1. The molecule has 106 valence electrons. The number of likely N-dealkylation sites (tertiary alicyclic amines) is 1. The van der Waals surface area contributed by atoms with Gasteiger partial charge in [0.2, 0.25) is 0 Å². The number of hydrogen-bond donors (Lipinski definition) is 1. The largest absolute Gasteiger partial charge is 0.313 e. The maximum absolute atomic E-state index is 3.47. The van der Waals surface area contributed by atoms with Gasteiger partial charge >= 0.3 is 0 Å². The van der Waals surface area contributed by atoms with E-state index in [4.69, 9.17) is 0 Å². The van der Waals surface area contributed by atoms with Crippen LogP contribution in [0.2, 0.25) is 0 Å². The van der Waals surface area contributed by atoms with Crippen LogP contribution < -0.4 is 5.32 Å². The molecule has 0 bridgehead atoms. The third-order valence-electron chi connectivity index (χ3n) is 4.26. The van der Waals surface area contributed by atoms with Crippen molar-refractivity contribution in [3.63, 3.8) is 0 Å². The maximum atomic E-state index is 3.47. The van der Waals surface area contributed by atoms with E-state index in [1.807, 2.05) is 0 Å². The van der Waals surface area contributed by atoms with Crippen LogP contribution in [0.1, 0.15) is 49.3 Å². The highest BCUT2D eigenvalue weighted by Gasteiger charge is 2.13. The molecule has 0 spiro atoms. The second-order valence-electron chi connectivity index (χ2n) is 5.80. The Morgan fingerprint density at radius 2 is 1.68 bits per heavy atom. The van der Waals surface area contributed by atoms with Gasteiger partial charge in [0, 0.05) is 6.04 Å². The summed E-state index contributed by atoms with van der Waals surface area (Å²) in [7, 11) is 2.08. The van der Waals surface area contributed by atoms with Crippen molar-refractivity contribution in [3.8, 4) is 0 Å². The minimum Gasteiger partial charge on any atom is -0.313 e. The average molecular weight is 260 g/mol. The Labute approximate surface area is 118 Å². The molecule has 0 aromatic heterocycles. The van der Waals surface area contributed by atoms with Crippen LogP contribution in [-0.4, -0.2) is 31.6 Å². The topological polar surface area (TPSA) is 15.3 Å². The lowest BCUT2D eigenvalue weighted by molar-refractivity contribution is 0.268. The molecule has 1 unspecified atom stereocenters. The maximum Gasteiger partial charge on any atom is 0.0329 e. The predicted molar refractivity (Wildman–Crippen MR) is 82.5 cm³/mol. The van der Waals surface area contributed by atoms with Gasteiger partial charge in [-0.2, -0.15) is 0 Å². The van der Waals surface area contributed by atoms with Crippen molar-refractivity contribution in [1.82, 2.24) is 10.2 Å². The van der Waals surface area contributed by atoms with Gasteiger partial charge in [0.05, 0.1) is 0 Å². The molecule has 1 aliphatic rings. The van der Waals surface area contributed by atoms with E-state index in [1.165, 1.54) is 62.9 Å². The van der Waals surface area contributed by atoms with Crippen molar-refractivity contribution in [2.45, 2.75) is 45.1 Å². The van der Waals surface area contributed by atoms with Gasteiger partial charge in [-0.1, -0.05) is 42.7 Å². The number of rotatable bonds is 5. The number of benzene rings is 1. The Balaban J connectivity index is 1.86. The van der Waals surface area contributed by atoms with Gasteiger partial charge in [-0.05, 0) is 58.4 Å². The van der Waals surface area contributed by atoms with E-state index in [9.17, 15) is 0 Å². The first kappa shape index (κ1) is 14.5. The Morgan fingerprint density at radius 1 is 1.05 bits per heavy atom. The molecule has 1 aromatic carbocycles. The molecule has 1 aliphatic heterocycles. The summed E-state index contributed by atoms with van der Waals surface area (Å²) < 4.78 is 0. The minimum atomic E-state index is 0.490. The Kier molecular flexibility index (Phi) is 5.87. The van der Waals surface area contributed by atoms with Crippen molar-refractivity contribution >= 4 is 0 Å². The predicted octanol–water partition coefficient (Wildman–Crippen LogP) is 3.52. The van der Waals surface area contributed by atoms with Gasteiger partial charge in [-0.15, -0.1) is 0 Å². The molecule has 0 aliphatic carbocycles.